The van der Waals surface area contributed by atoms with Crippen molar-refractivity contribution in [1.29, 1.82) is 0 Å². The van der Waals surface area contributed by atoms with Crippen LogP contribution >= 0.6 is 0 Å². The highest BCUT2D eigenvalue weighted by Gasteiger charge is 2.39. The van der Waals surface area contributed by atoms with E-state index < -0.39 is 23.6 Å². The Hall–Kier alpha value is -2.38. The highest BCUT2D eigenvalue weighted by atomic mass is 19.4. The fourth-order valence-electron chi connectivity index (χ4n) is 1.02. The number of alkyl halides is 3. The molecule has 0 heterocycles. The molecule has 102 valence electrons. The number of hydrogen-bond donors (Lipinski definition) is 1. The molecule has 0 saturated heterocycles. The predicted octanol–water partition coefficient (Wildman–Crippen LogP) is 3.28. The summed E-state index contributed by atoms with van der Waals surface area (Å²) in [6.07, 6.45) is -5.11. The van der Waals surface area contributed by atoms with Crippen LogP contribution in [0.3, 0.4) is 0 Å². The number of aliphatic hydroxyl groups is 1. The minimum Gasteiger partial charge on any atom is -0.502 e. The molecule has 0 amide bonds. The van der Waals surface area contributed by atoms with Gasteiger partial charge in [0, 0.05) is 0 Å². The summed E-state index contributed by atoms with van der Waals surface area (Å²) in [6.45, 7) is 0. The van der Waals surface area contributed by atoms with Crippen LogP contribution in [0.4, 0.5) is 18.9 Å². The van der Waals surface area contributed by atoms with Crippen LogP contribution in [0.25, 0.3) is 0 Å². The van der Waals surface area contributed by atoms with E-state index in [9.17, 15) is 18.0 Å². The van der Waals surface area contributed by atoms with Crippen LogP contribution in [0, 0.1) is 0 Å². The Balaban J connectivity index is 3.14. The maximum Gasteiger partial charge on any atom is 0.451 e. The Labute approximate surface area is 106 Å². The van der Waals surface area contributed by atoms with Gasteiger partial charge in [0.25, 0.3) is 0 Å². The fraction of sp³-hybridized carbons (Fsp3) is 0.182. The lowest BCUT2D eigenvalue weighted by Gasteiger charge is -2.07. The lowest BCUT2D eigenvalue weighted by atomic mass is 10.3. The number of ether oxygens (including phenoxy) is 1. The molecule has 0 unspecified atom stereocenters. The molecule has 1 aromatic rings. The van der Waals surface area contributed by atoms with E-state index in [1.165, 1.54) is 12.1 Å². The summed E-state index contributed by atoms with van der Waals surface area (Å²) in [5.41, 5.74) is -1.09. The molecule has 0 aliphatic rings. The summed E-state index contributed by atoms with van der Waals surface area (Å²) in [5, 5.41) is 15.4. The summed E-state index contributed by atoms with van der Waals surface area (Å²) in [7, 11) is 0.865. The average molecular weight is 274 g/mol. The number of esters is 1. The lowest BCUT2D eigenvalue weighted by Crippen LogP contribution is -2.17. The number of methoxy groups -OCH3 is 1. The van der Waals surface area contributed by atoms with Gasteiger partial charge in [-0.25, -0.2) is 4.79 Å². The molecule has 0 atom stereocenters. The van der Waals surface area contributed by atoms with Gasteiger partial charge in [-0.2, -0.15) is 18.3 Å². The zero-order valence-corrected chi connectivity index (χ0v) is 9.68. The molecule has 1 N–H and O–H groups in total. The minimum atomic E-state index is -5.11. The van der Waals surface area contributed by atoms with Gasteiger partial charge in [0.2, 0.25) is 11.5 Å². The number of aliphatic hydroxyl groups excluding tert-OH is 1. The highest BCUT2D eigenvalue weighted by Crippen LogP contribution is 2.27. The van der Waals surface area contributed by atoms with E-state index in [0.29, 0.717) is 0 Å². The first kappa shape index (κ1) is 14.7. The first-order valence-corrected chi connectivity index (χ1v) is 4.91. The van der Waals surface area contributed by atoms with Crippen LogP contribution in [0.5, 0.6) is 0 Å². The third-order valence-corrected chi connectivity index (χ3v) is 1.89. The molecule has 19 heavy (non-hydrogen) atoms. The molecule has 8 heteroatoms. The maximum atomic E-state index is 12.3. The Morgan fingerprint density at radius 2 is 1.84 bits per heavy atom. The van der Waals surface area contributed by atoms with E-state index in [4.69, 9.17) is 5.11 Å². The number of halogens is 3. The molecule has 0 spiro atoms. The topological polar surface area (TPSA) is 71.2 Å². The number of nitrogens with zero attached hydrogens (tertiary/aromatic N) is 2. The number of hydrogen-bond acceptors (Lipinski definition) is 5. The van der Waals surface area contributed by atoms with Crippen molar-refractivity contribution in [3.63, 3.8) is 0 Å². The first-order valence-electron chi connectivity index (χ1n) is 4.91. The van der Waals surface area contributed by atoms with Crippen LogP contribution in [-0.2, 0) is 9.53 Å². The van der Waals surface area contributed by atoms with Crippen molar-refractivity contribution in [2.75, 3.05) is 7.11 Å². The highest BCUT2D eigenvalue weighted by molar-refractivity contribution is 5.88. The Morgan fingerprint density at radius 3 is 2.32 bits per heavy atom. The SMILES string of the molecule is COC(=O)C(N=Nc1ccccc1)=C(O)C(F)(F)F. The van der Waals surface area contributed by atoms with Crippen molar-refractivity contribution in [2.24, 2.45) is 10.2 Å². The molecule has 0 aromatic heterocycles. The maximum absolute atomic E-state index is 12.3. The van der Waals surface area contributed by atoms with Gasteiger partial charge in [-0.05, 0) is 12.1 Å². The van der Waals surface area contributed by atoms with Gasteiger partial charge in [-0.1, -0.05) is 18.2 Å². The number of allylic oxidation sites excluding steroid dienone is 1. The second-order valence-corrected chi connectivity index (χ2v) is 3.22. The standard InChI is InChI=1S/C11H9F3N2O3/c1-19-10(18)8(9(17)11(12,13)14)16-15-7-5-3-2-4-6-7/h2-6,17H,1H3. The van der Waals surface area contributed by atoms with E-state index in [-0.39, 0.29) is 5.69 Å². The molecule has 5 nitrogen and oxygen atoms in total. The molecule has 1 aromatic carbocycles. The summed E-state index contributed by atoms with van der Waals surface area (Å²) in [4.78, 5) is 11.1. The number of benzene rings is 1. The van der Waals surface area contributed by atoms with Gasteiger partial charge in [0.05, 0.1) is 12.8 Å². The van der Waals surface area contributed by atoms with E-state index in [0.717, 1.165) is 7.11 Å². The van der Waals surface area contributed by atoms with Crippen molar-refractivity contribution in [3.05, 3.63) is 41.8 Å². The van der Waals surface area contributed by atoms with Gasteiger partial charge < -0.3 is 9.84 Å². The van der Waals surface area contributed by atoms with E-state index in [1.807, 2.05) is 0 Å². The predicted molar refractivity (Wildman–Crippen MR) is 58.7 cm³/mol. The first-order chi connectivity index (χ1) is 8.86. The molecule has 0 radical (unpaired) electrons. The molecule has 1 rings (SSSR count). The van der Waals surface area contributed by atoms with Crippen molar-refractivity contribution in [2.45, 2.75) is 6.18 Å². The van der Waals surface area contributed by atoms with Crippen LogP contribution in [-0.4, -0.2) is 24.4 Å². The van der Waals surface area contributed by atoms with Crippen LogP contribution < -0.4 is 0 Å². The summed E-state index contributed by atoms with van der Waals surface area (Å²) < 4.78 is 41.0. The third-order valence-electron chi connectivity index (χ3n) is 1.89. The van der Waals surface area contributed by atoms with Gasteiger partial charge in [0.15, 0.2) is 0 Å². The third kappa shape index (κ3) is 4.09. The molecule has 0 fully saturated rings. The molecule has 0 bridgehead atoms. The van der Waals surface area contributed by atoms with Crippen LogP contribution in [0.15, 0.2) is 52.0 Å². The largest absolute Gasteiger partial charge is 0.502 e. The quantitative estimate of drug-likeness (QED) is 0.398. The monoisotopic (exact) mass is 274 g/mol. The van der Waals surface area contributed by atoms with E-state index in [2.05, 4.69) is 15.0 Å². The number of rotatable bonds is 3. The van der Waals surface area contributed by atoms with Crippen molar-refractivity contribution >= 4 is 11.7 Å². The lowest BCUT2D eigenvalue weighted by molar-refractivity contribution is -0.141. The molecule has 0 aliphatic carbocycles. The van der Waals surface area contributed by atoms with Crippen molar-refractivity contribution in [3.8, 4) is 0 Å². The second-order valence-electron chi connectivity index (χ2n) is 3.22. The number of azo groups is 1. The van der Waals surface area contributed by atoms with Crippen molar-refractivity contribution in [1.82, 2.24) is 0 Å². The molecule has 0 aliphatic heterocycles. The van der Waals surface area contributed by atoms with Gasteiger partial charge >= 0.3 is 12.1 Å². The zero-order chi connectivity index (χ0) is 14.5. The normalized spacial score (nSPS) is 13.3. The summed E-state index contributed by atoms with van der Waals surface area (Å²) in [5.74, 6) is -3.59. The summed E-state index contributed by atoms with van der Waals surface area (Å²) in [6, 6.07) is 7.76. The van der Waals surface area contributed by atoms with E-state index in [1.54, 1.807) is 18.2 Å². The second kappa shape index (κ2) is 5.98. The van der Waals surface area contributed by atoms with E-state index >= 15 is 0 Å². The van der Waals surface area contributed by atoms with Gasteiger partial charge in [0.1, 0.15) is 0 Å². The van der Waals surface area contributed by atoms with Crippen LogP contribution in [0.2, 0.25) is 0 Å². The minimum absolute atomic E-state index is 0.221. The van der Waals surface area contributed by atoms with Crippen molar-refractivity contribution < 1.29 is 27.8 Å². The van der Waals surface area contributed by atoms with Gasteiger partial charge in [-0.15, -0.1) is 5.11 Å². The molecular weight excluding hydrogens is 265 g/mol. The smallest absolute Gasteiger partial charge is 0.451 e. The Kier molecular flexibility index (Phi) is 4.62. The van der Waals surface area contributed by atoms with Crippen LogP contribution in [0.1, 0.15) is 0 Å². The Bertz CT molecular complexity index is 510. The fourth-order valence-corrected chi connectivity index (χ4v) is 1.02. The van der Waals surface area contributed by atoms with Gasteiger partial charge in [-0.3, -0.25) is 0 Å². The summed E-state index contributed by atoms with van der Waals surface area (Å²) >= 11 is 0. The molecular formula is C11H9F3N2O3. The Morgan fingerprint density at radius 1 is 1.26 bits per heavy atom. The number of carbonyl (C=O) groups is 1. The number of carbonyl (C=O) groups excluding carboxylic acids is 1. The molecule has 0 saturated carbocycles. The zero-order valence-electron chi connectivity index (χ0n) is 9.68. The average Bonchev–Trinajstić information content (AvgIpc) is 2.38.